The van der Waals surface area contributed by atoms with Crippen LogP contribution in [-0.4, -0.2) is 47.5 Å². The van der Waals surface area contributed by atoms with Crippen molar-refractivity contribution in [2.75, 3.05) is 26.8 Å². The van der Waals surface area contributed by atoms with E-state index in [1.165, 1.54) is 6.42 Å². The first kappa shape index (κ1) is 18.9. The van der Waals surface area contributed by atoms with E-state index in [0.29, 0.717) is 6.54 Å². The topological polar surface area (TPSA) is 76.4 Å². The first-order valence-corrected chi connectivity index (χ1v) is 8.80. The van der Waals surface area contributed by atoms with Crippen molar-refractivity contribution in [2.24, 2.45) is 4.99 Å². The molecule has 0 aliphatic rings. The Bertz CT molecular complexity index is 626. The molecule has 2 aromatic heterocycles. The van der Waals surface area contributed by atoms with Crippen molar-refractivity contribution in [3.05, 3.63) is 42.4 Å². The van der Waals surface area contributed by atoms with E-state index < -0.39 is 0 Å². The number of aliphatic imine (C=N–C) groups is 1. The zero-order chi connectivity index (χ0) is 17.7. The van der Waals surface area contributed by atoms with Gasteiger partial charge in [-0.1, -0.05) is 13.3 Å². The predicted octanol–water partition coefficient (Wildman–Crippen LogP) is 2.14. The second-order valence-corrected chi connectivity index (χ2v) is 5.64. The number of hydrogen-bond donors (Lipinski definition) is 2. The van der Waals surface area contributed by atoms with Gasteiger partial charge in [0.2, 0.25) is 0 Å². The summed E-state index contributed by atoms with van der Waals surface area (Å²) in [6.45, 7) is 5.30. The number of nitrogens with zero attached hydrogens (tertiary/aromatic N) is 4. The Labute approximate surface area is 149 Å². The second-order valence-electron chi connectivity index (χ2n) is 5.64. The van der Waals surface area contributed by atoms with Crippen LogP contribution in [0.2, 0.25) is 0 Å². The average molecular weight is 344 g/mol. The molecule has 2 heterocycles. The summed E-state index contributed by atoms with van der Waals surface area (Å²) < 4.78 is 7.30. The Morgan fingerprint density at radius 2 is 2.12 bits per heavy atom. The van der Waals surface area contributed by atoms with Crippen LogP contribution in [0.1, 0.15) is 31.7 Å². The van der Waals surface area contributed by atoms with Crippen LogP contribution in [0.25, 0.3) is 5.82 Å². The van der Waals surface area contributed by atoms with Gasteiger partial charge in [0.05, 0.1) is 0 Å². The molecule has 0 saturated carbocycles. The standard InChI is InChI=1S/C18H28N6O/c1-3-4-12-25-13-6-8-21-18(19-2)22-15-16-7-10-20-17(14-16)24-11-5-9-23-24/h5,7,9-11,14H,3-4,6,8,12-13,15H2,1-2H3,(H2,19,21,22). The van der Waals surface area contributed by atoms with Gasteiger partial charge in [0.15, 0.2) is 11.8 Å². The van der Waals surface area contributed by atoms with E-state index in [0.717, 1.165) is 49.9 Å². The van der Waals surface area contributed by atoms with Crippen LogP contribution in [0.5, 0.6) is 0 Å². The number of aromatic nitrogens is 3. The van der Waals surface area contributed by atoms with Gasteiger partial charge in [-0.3, -0.25) is 4.99 Å². The van der Waals surface area contributed by atoms with Crippen molar-refractivity contribution >= 4 is 5.96 Å². The lowest BCUT2D eigenvalue weighted by Gasteiger charge is -2.12. The summed E-state index contributed by atoms with van der Waals surface area (Å²) in [7, 11) is 1.77. The van der Waals surface area contributed by atoms with Gasteiger partial charge in [0, 0.05) is 51.9 Å². The van der Waals surface area contributed by atoms with Crippen molar-refractivity contribution in [3.63, 3.8) is 0 Å². The molecule has 0 radical (unpaired) electrons. The molecule has 0 amide bonds. The molecule has 0 atom stereocenters. The highest BCUT2D eigenvalue weighted by atomic mass is 16.5. The SMILES string of the molecule is CCCCOCCCNC(=NC)NCc1ccnc(-n2cccn2)c1. The summed E-state index contributed by atoms with van der Waals surface area (Å²) in [6, 6.07) is 5.87. The number of nitrogens with one attached hydrogen (secondary N) is 2. The van der Waals surface area contributed by atoms with E-state index in [1.54, 1.807) is 24.1 Å². The number of ether oxygens (including phenoxy) is 1. The summed E-state index contributed by atoms with van der Waals surface area (Å²) >= 11 is 0. The van der Waals surface area contributed by atoms with Gasteiger partial charge in [-0.2, -0.15) is 5.10 Å². The van der Waals surface area contributed by atoms with Crippen LogP contribution in [0.3, 0.4) is 0 Å². The highest BCUT2D eigenvalue weighted by Gasteiger charge is 2.02. The molecule has 136 valence electrons. The molecule has 0 aromatic carbocycles. The van der Waals surface area contributed by atoms with Gasteiger partial charge in [0.1, 0.15) is 0 Å². The fourth-order valence-electron chi connectivity index (χ4n) is 2.24. The lowest BCUT2D eigenvalue weighted by Crippen LogP contribution is -2.37. The third kappa shape index (κ3) is 6.93. The second kappa shape index (κ2) is 11.2. The summed E-state index contributed by atoms with van der Waals surface area (Å²) in [5, 5.41) is 10.8. The lowest BCUT2D eigenvalue weighted by atomic mass is 10.2. The summed E-state index contributed by atoms with van der Waals surface area (Å²) in [4.78, 5) is 8.58. The normalized spacial score (nSPS) is 11.5. The molecular formula is C18H28N6O. The molecule has 0 aliphatic carbocycles. The lowest BCUT2D eigenvalue weighted by molar-refractivity contribution is 0.129. The fourth-order valence-corrected chi connectivity index (χ4v) is 2.24. The van der Waals surface area contributed by atoms with E-state index in [1.807, 2.05) is 24.4 Å². The first-order valence-electron chi connectivity index (χ1n) is 8.80. The van der Waals surface area contributed by atoms with Gasteiger partial charge in [-0.25, -0.2) is 9.67 Å². The number of pyridine rings is 1. The Morgan fingerprint density at radius 1 is 1.24 bits per heavy atom. The number of rotatable bonds is 10. The Balaban J connectivity index is 1.71. The Morgan fingerprint density at radius 3 is 2.88 bits per heavy atom. The molecule has 2 aromatic rings. The summed E-state index contributed by atoms with van der Waals surface area (Å²) in [5.41, 5.74) is 1.12. The predicted molar refractivity (Wildman–Crippen MR) is 99.9 cm³/mol. The molecular weight excluding hydrogens is 316 g/mol. The molecule has 0 bridgehead atoms. The molecule has 2 rings (SSSR count). The van der Waals surface area contributed by atoms with Crippen molar-refractivity contribution < 1.29 is 4.74 Å². The van der Waals surface area contributed by atoms with Gasteiger partial charge in [-0.05, 0) is 36.6 Å². The third-order valence-corrected chi connectivity index (χ3v) is 3.63. The molecule has 0 aliphatic heterocycles. The Kier molecular flexibility index (Phi) is 8.48. The van der Waals surface area contributed by atoms with Crippen LogP contribution in [0, 0.1) is 0 Å². The summed E-state index contributed by atoms with van der Waals surface area (Å²) in [5.74, 6) is 1.59. The quantitative estimate of drug-likeness (QED) is 0.392. The zero-order valence-corrected chi connectivity index (χ0v) is 15.1. The molecule has 7 nitrogen and oxygen atoms in total. The largest absolute Gasteiger partial charge is 0.381 e. The average Bonchev–Trinajstić information content (AvgIpc) is 3.18. The minimum absolute atomic E-state index is 0.670. The first-order chi connectivity index (χ1) is 12.3. The van der Waals surface area contributed by atoms with Crippen LogP contribution in [-0.2, 0) is 11.3 Å². The molecule has 0 saturated heterocycles. The highest BCUT2D eigenvalue weighted by molar-refractivity contribution is 5.79. The molecule has 0 unspecified atom stereocenters. The number of unbranched alkanes of at least 4 members (excludes halogenated alkanes) is 1. The Hall–Kier alpha value is -2.41. The van der Waals surface area contributed by atoms with E-state index >= 15 is 0 Å². The number of hydrogen-bond acceptors (Lipinski definition) is 4. The van der Waals surface area contributed by atoms with E-state index in [4.69, 9.17) is 4.74 Å². The van der Waals surface area contributed by atoms with Crippen molar-refractivity contribution in [1.82, 2.24) is 25.4 Å². The monoisotopic (exact) mass is 344 g/mol. The van der Waals surface area contributed by atoms with Gasteiger partial charge in [0.25, 0.3) is 0 Å². The number of guanidine groups is 1. The third-order valence-electron chi connectivity index (χ3n) is 3.63. The molecule has 2 N–H and O–H groups in total. The van der Waals surface area contributed by atoms with Crippen molar-refractivity contribution in [1.29, 1.82) is 0 Å². The molecule has 25 heavy (non-hydrogen) atoms. The van der Waals surface area contributed by atoms with Gasteiger partial charge >= 0.3 is 0 Å². The highest BCUT2D eigenvalue weighted by Crippen LogP contribution is 2.05. The van der Waals surface area contributed by atoms with E-state index in [-0.39, 0.29) is 0 Å². The van der Waals surface area contributed by atoms with E-state index in [2.05, 4.69) is 32.6 Å². The maximum absolute atomic E-state index is 5.55. The maximum atomic E-state index is 5.55. The van der Waals surface area contributed by atoms with Crippen LogP contribution < -0.4 is 10.6 Å². The van der Waals surface area contributed by atoms with Gasteiger partial charge in [-0.15, -0.1) is 0 Å². The van der Waals surface area contributed by atoms with Crippen LogP contribution >= 0.6 is 0 Å². The van der Waals surface area contributed by atoms with Crippen LogP contribution in [0.4, 0.5) is 0 Å². The van der Waals surface area contributed by atoms with E-state index in [9.17, 15) is 0 Å². The van der Waals surface area contributed by atoms with Crippen molar-refractivity contribution in [2.45, 2.75) is 32.7 Å². The molecule has 7 heteroatoms. The maximum Gasteiger partial charge on any atom is 0.191 e. The zero-order valence-electron chi connectivity index (χ0n) is 15.1. The fraction of sp³-hybridized carbons (Fsp3) is 0.500. The summed E-state index contributed by atoms with van der Waals surface area (Å²) in [6.07, 6.45) is 8.67. The van der Waals surface area contributed by atoms with Gasteiger partial charge < -0.3 is 15.4 Å². The minimum atomic E-state index is 0.670. The smallest absolute Gasteiger partial charge is 0.191 e. The van der Waals surface area contributed by atoms with Crippen molar-refractivity contribution in [3.8, 4) is 5.82 Å². The molecule has 0 spiro atoms. The molecule has 0 fully saturated rings. The minimum Gasteiger partial charge on any atom is -0.381 e. The van der Waals surface area contributed by atoms with Crippen LogP contribution in [0.15, 0.2) is 41.8 Å².